The van der Waals surface area contributed by atoms with Crippen LogP contribution < -0.4 is 5.30 Å². The van der Waals surface area contributed by atoms with Crippen LogP contribution in [-0.2, 0) is 9.32 Å². The Hall–Kier alpha value is -0.960. The van der Waals surface area contributed by atoms with Crippen LogP contribution in [0.2, 0.25) is 0 Å². The van der Waals surface area contributed by atoms with Crippen molar-refractivity contribution in [1.82, 2.24) is 0 Å². The van der Waals surface area contributed by atoms with Crippen LogP contribution in [0.4, 0.5) is 0 Å². The molecule has 0 bridgehead atoms. The van der Waals surface area contributed by atoms with Crippen molar-refractivity contribution in [3.8, 4) is 0 Å². The Balaban J connectivity index is 2.80. The van der Waals surface area contributed by atoms with Crippen LogP contribution in [0.1, 0.15) is 13.3 Å². The number of rotatable bonds is 3. The standard InChI is InChI=1S/C9H13O4P/c1-2-9(10)13-14(11,12)8-6-4-3-5-7-8/h3-7,11-12,14H,2H2,1H3. The summed E-state index contributed by atoms with van der Waals surface area (Å²) in [6.07, 6.45) is 0.128. The molecule has 0 spiro atoms. The zero-order valence-corrected chi connectivity index (χ0v) is 8.80. The number of hydrogen-bond donors (Lipinski definition) is 2. The van der Waals surface area contributed by atoms with Gasteiger partial charge in [0.25, 0.3) is 0 Å². The van der Waals surface area contributed by atoms with Crippen LogP contribution in [0.5, 0.6) is 0 Å². The number of carbonyl (C=O) groups is 1. The minimum absolute atomic E-state index is 0.128. The Morgan fingerprint density at radius 3 is 2.43 bits per heavy atom. The van der Waals surface area contributed by atoms with E-state index in [9.17, 15) is 14.6 Å². The van der Waals surface area contributed by atoms with E-state index in [0.717, 1.165) is 0 Å². The van der Waals surface area contributed by atoms with E-state index in [-0.39, 0.29) is 11.7 Å². The van der Waals surface area contributed by atoms with Crippen molar-refractivity contribution >= 4 is 19.2 Å². The molecule has 0 atom stereocenters. The van der Waals surface area contributed by atoms with Gasteiger partial charge in [-0.25, -0.2) is 0 Å². The third-order valence-electron chi connectivity index (χ3n) is 1.69. The summed E-state index contributed by atoms with van der Waals surface area (Å²) in [6.45, 7) is 1.60. The average Bonchev–Trinajstić information content (AvgIpc) is 2.18. The molecule has 0 aliphatic heterocycles. The second-order valence-electron chi connectivity index (χ2n) is 2.80. The topological polar surface area (TPSA) is 66.8 Å². The molecule has 1 rings (SSSR count). The Kier molecular flexibility index (Phi) is 3.58. The molecule has 0 fully saturated rings. The molecule has 0 saturated carbocycles. The van der Waals surface area contributed by atoms with Crippen molar-refractivity contribution in [1.29, 1.82) is 0 Å². The first-order chi connectivity index (χ1) is 6.56. The molecule has 5 heteroatoms. The van der Waals surface area contributed by atoms with Gasteiger partial charge in [0.05, 0.1) is 0 Å². The molecule has 0 saturated heterocycles. The summed E-state index contributed by atoms with van der Waals surface area (Å²) in [6, 6.07) is 8.10. The second kappa shape index (κ2) is 4.51. The molecule has 0 heterocycles. The summed E-state index contributed by atoms with van der Waals surface area (Å²) in [7, 11) is -4.01. The van der Waals surface area contributed by atoms with Crippen LogP contribution in [0.15, 0.2) is 30.3 Å². The van der Waals surface area contributed by atoms with E-state index in [1.54, 1.807) is 25.1 Å². The molecular formula is C9H13O4P. The molecule has 0 unspecified atom stereocenters. The number of hydrogen-bond acceptors (Lipinski definition) is 4. The van der Waals surface area contributed by atoms with Crippen LogP contribution in [0.3, 0.4) is 0 Å². The Morgan fingerprint density at radius 1 is 1.36 bits per heavy atom. The summed E-state index contributed by atoms with van der Waals surface area (Å²) in [5.74, 6) is -0.606. The monoisotopic (exact) mass is 216 g/mol. The minimum atomic E-state index is -4.01. The Bertz CT molecular complexity index is 310. The Labute approximate surface area is 82.7 Å². The van der Waals surface area contributed by atoms with Gasteiger partial charge in [-0.2, -0.15) is 0 Å². The first-order valence-electron chi connectivity index (χ1n) is 4.28. The van der Waals surface area contributed by atoms with Gasteiger partial charge in [0.2, 0.25) is 0 Å². The van der Waals surface area contributed by atoms with Gasteiger partial charge in [-0.3, -0.25) is 0 Å². The van der Waals surface area contributed by atoms with Gasteiger partial charge in [0.1, 0.15) is 0 Å². The number of carbonyl (C=O) groups excluding carboxylic acids is 1. The van der Waals surface area contributed by atoms with Gasteiger partial charge < -0.3 is 0 Å². The zero-order chi connectivity index (χ0) is 10.6. The van der Waals surface area contributed by atoms with Gasteiger partial charge in [0.15, 0.2) is 0 Å². The van der Waals surface area contributed by atoms with Crippen LogP contribution in [0.25, 0.3) is 0 Å². The van der Waals surface area contributed by atoms with E-state index < -0.39 is 13.9 Å². The summed E-state index contributed by atoms with van der Waals surface area (Å²) < 4.78 is 4.58. The van der Waals surface area contributed by atoms with Crippen LogP contribution in [-0.4, -0.2) is 15.8 Å². The van der Waals surface area contributed by atoms with Crippen molar-refractivity contribution in [3.05, 3.63) is 30.3 Å². The molecule has 0 aliphatic rings. The van der Waals surface area contributed by atoms with E-state index in [1.807, 2.05) is 0 Å². The van der Waals surface area contributed by atoms with Crippen molar-refractivity contribution in [3.63, 3.8) is 0 Å². The summed E-state index contributed by atoms with van der Waals surface area (Å²) >= 11 is 0. The quantitative estimate of drug-likeness (QED) is 0.731. The van der Waals surface area contributed by atoms with E-state index in [4.69, 9.17) is 0 Å². The molecule has 1 aromatic carbocycles. The van der Waals surface area contributed by atoms with Crippen molar-refractivity contribution in [2.24, 2.45) is 0 Å². The normalized spacial score (nSPS) is 12.2. The van der Waals surface area contributed by atoms with Gasteiger partial charge in [-0.1, -0.05) is 0 Å². The molecule has 78 valence electrons. The molecular weight excluding hydrogens is 203 g/mol. The summed E-state index contributed by atoms with van der Waals surface area (Å²) in [5, 5.41) is 0.266. The first-order valence-corrected chi connectivity index (χ1v) is 6.08. The van der Waals surface area contributed by atoms with E-state index in [1.165, 1.54) is 12.1 Å². The van der Waals surface area contributed by atoms with E-state index >= 15 is 0 Å². The Morgan fingerprint density at radius 2 is 1.93 bits per heavy atom. The third kappa shape index (κ3) is 2.77. The number of benzene rings is 1. The molecule has 14 heavy (non-hydrogen) atoms. The van der Waals surface area contributed by atoms with Gasteiger partial charge in [-0.05, 0) is 0 Å². The first kappa shape index (κ1) is 11.1. The van der Waals surface area contributed by atoms with Crippen molar-refractivity contribution in [2.45, 2.75) is 13.3 Å². The van der Waals surface area contributed by atoms with Crippen LogP contribution >= 0.6 is 7.94 Å². The molecule has 1 aromatic rings. The molecule has 0 amide bonds. The average molecular weight is 216 g/mol. The maximum absolute atomic E-state index is 10.9. The van der Waals surface area contributed by atoms with E-state index in [2.05, 4.69) is 4.52 Å². The fourth-order valence-electron chi connectivity index (χ4n) is 0.945. The van der Waals surface area contributed by atoms with Crippen molar-refractivity contribution in [2.75, 3.05) is 0 Å². The zero-order valence-electron chi connectivity index (χ0n) is 7.80. The second-order valence-corrected chi connectivity index (χ2v) is 4.80. The summed E-state index contributed by atoms with van der Waals surface area (Å²) in [4.78, 5) is 30.0. The van der Waals surface area contributed by atoms with Crippen molar-refractivity contribution < 1.29 is 19.1 Å². The molecule has 0 aromatic heterocycles. The fourth-order valence-corrected chi connectivity index (χ4v) is 2.15. The molecule has 2 N–H and O–H groups in total. The van der Waals surface area contributed by atoms with Gasteiger partial charge in [-0.15, -0.1) is 0 Å². The van der Waals surface area contributed by atoms with Gasteiger partial charge in [0, 0.05) is 0 Å². The predicted octanol–water partition coefficient (Wildman–Crippen LogP) is 0.745. The van der Waals surface area contributed by atoms with Crippen LogP contribution in [0, 0.1) is 0 Å². The summed E-state index contributed by atoms with van der Waals surface area (Å²) in [5.41, 5.74) is 0. The predicted molar refractivity (Wildman–Crippen MR) is 55.2 cm³/mol. The molecule has 0 aliphatic carbocycles. The van der Waals surface area contributed by atoms with E-state index in [0.29, 0.717) is 0 Å². The fraction of sp³-hybridized carbons (Fsp3) is 0.222. The van der Waals surface area contributed by atoms with Gasteiger partial charge >= 0.3 is 82.0 Å². The molecule has 4 nitrogen and oxygen atoms in total. The molecule has 0 radical (unpaired) electrons. The SMILES string of the molecule is CCC(=O)O[PH](O)(O)c1ccccc1. The third-order valence-corrected chi connectivity index (χ3v) is 3.29. The maximum atomic E-state index is 10.9.